The molecule has 0 aliphatic carbocycles. The van der Waals surface area contributed by atoms with Crippen molar-refractivity contribution in [3.8, 4) is 5.69 Å². The summed E-state index contributed by atoms with van der Waals surface area (Å²) in [5.41, 5.74) is -0.950. The summed E-state index contributed by atoms with van der Waals surface area (Å²) >= 11 is 0. The number of benzene rings is 1. The molecule has 0 aliphatic heterocycles. The Kier molecular flexibility index (Phi) is 6.47. The van der Waals surface area contributed by atoms with Crippen LogP contribution in [0.5, 0.6) is 0 Å². The standard InChI is InChI=1S/C19H19F4N7O/c1-3-29(12(2)9-24-18-25-10-13(11-26-18)19(21,22)23)17(31)16-14(20)5-4-6-15(16)30-27-7-8-28-30/h4-8,10-12H,3,9H2,1-2H3,(H,24,25,26)/t12-/m0/s1. The van der Waals surface area contributed by atoms with Crippen LogP contribution in [0.1, 0.15) is 29.8 Å². The highest BCUT2D eigenvalue weighted by Gasteiger charge is 2.31. The molecule has 2 aromatic heterocycles. The van der Waals surface area contributed by atoms with Gasteiger partial charge in [-0.05, 0) is 26.0 Å². The minimum absolute atomic E-state index is 0.0179. The van der Waals surface area contributed by atoms with E-state index in [1.54, 1.807) is 13.8 Å². The number of hydrogen-bond acceptors (Lipinski definition) is 6. The lowest BCUT2D eigenvalue weighted by Gasteiger charge is -2.29. The van der Waals surface area contributed by atoms with Crippen molar-refractivity contribution in [1.29, 1.82) is 0 Å². The van der Waals surface area contributed by atoms with Crippen molar-refractivity contribution in [2.45, 2.75) is 26.1 Å². The smallest absolute Gasteiger partial charge is 0.352 e. The van der Waals surface area contributed by atoms with Gasteiger partial charge in [-0.1, -0.05) is 6.07 Å². The summed E-state index contributed by atoms with van der Waals surface area (Å²) in [6, 6.07) is 3.70. The van der Waals surface area contributed by atoms with Gasteiger partial charge in [-0.3, -0.25) is 4.79 Å². The Bertz CT molecular complexity index is 1020. The number of likely N-dealkylation sites (N-methyl/N-ethyl adjacent to an activating group) is 1. The van der Waals surface area contributed by atoms with Gasteiger partial charge in [0.1, 0.15) is 17.1 Å². The van der Waals surface area contributed by atoms with Gasteiger partial charge in [-0.25, -0.2) is 14.4 Å². The number of nitrogens with one attached hydrogen (secondary N) is 1. The monoisotopic (exact) mass is 437 g/mol. The van der Waals surface area contributed by atoms with Crippen LogP contribution in [-0.4, -0.2) is 54.9 Å². The Labute approximate surface area is 174 Å². The Balaban J connectivity index is 1.76. The van der Waals surface area contributed by atoms with Crippen LogP contribution in [0.2, 0.25) is 0 Å². The second-order valence-corrected chi connectivity index (χ2v) is 6.57. The van der Waals surface area contributed by atoms with Crippen molar-refractivity contribution in [1.82, 2.24) is 29.9 Å². The molecule has 0 saturated carbocycles. The van der Waals surface area contributed by atoms with Gasteiger partial charge in [-0.15, -0.1) is 0 Å². The number of carbonyl (C=O) groups is 1. The van der Waals surface area contributed by atoms with Crippen LogP contribution in [0.3, 0.4) is 0 Å². The second kappa shape index (κ2) is 9.06. The largest absolute Gasteiger partial charge is 0.419 e. The number of rotatable bonds is 7. The molecule has 8 nitrogen and oxygen atoms in total. The molecular formula is C19H19F4N7O. The summed E-state index contributed by atoms with van der Waals surface area (Å²) in [5, 5.41) is 10.7. The number of carbonyl (C=O) groups excluding carboxylic acids is 1. The van der Waals surface area contributed by atoms with Crippen LogP contribution in [0.4, 0.5) is 23.5 Å². The predicted molar refractivity (Wildman–Crippen MR) is 103 cm³/mol. The van der Waals surface area contributed by atoms with E-state index in [9.17, 15) is 22.4 Å². The zero-order valence-electron chi connectivity index (χ0n) is 16.6. The minimum atomic E-state index is -4.53. The van der Waals surface area contributed by atoms with Gasteiger partial charge in [0.2, 0.25) is 5.95 Å². The van der Waals surface area contributed by atoms with Crippen molar-refractivity contribution >= 4 is 11.9 Å². The molecule has 0 radical (unpaired) electrons. The minimum Gasteiger partial charge on any atom is -0.352 e. The van der Waals surface area contributed by atoms with Crippen molar-refractivity contribution in [2.24, 2.45) is 0 Å². The summed E-state index contributed by atoms with van der Waals surface area (Å²) < 4.78 is 52.4. The molecule has 3 rings (SSSR count). The third-order valence-corrected chi connectivity index (χ3v) is 4.51. The molecule has 12 heteroatoms. The molecule has 0 fully saturated rings. The number of hydrogen-bond donors (Lipinski definition) is 1. The molecule has 0 unspecified atom stereocenters. The number of amides is 1. The van der Waals surface area contributed by atoms with Gasteiger partial charge in [0, 0.05) is 31.5 Å². The third kappa shape index (κ3) is 4.95. The van der Waals surface area contributed by atoms with Crippen LogP contribution >= 0.6 is 0 Å². The first-order valence-corrected chi connectivity index (χ1v) is 9.31. The molecule has 1 N–H and O–H groups in total. The molecule has 1 amide bonds. The summed E-state index contributed by atoms with van der Waals surface area (Å²) in [5.74, 6) is -1.31. The maximum Gasteiger partial charge on any atom is 0.419 e. The molecule has 0 saturated heterocycles. The third-order valence-electron chi connectivity index (χ3n) is 4.51. The zero-order chi connectivity index (χ0) is 22.6. The number of halogens is 4. The molecular weight excluding hydrogens is 418 g/mol. The van der Waals surface area contributed by atoms with E-state index in [2.05, 4.69) is 25.5 Å². The van der Waals surface area contributed by atoms with Gasteiger partial charge < -0.3 is 10.2 Å². The summed E-state index contributed by atoms with van der Waals surface area (Å²) in [7, 11) is 0. The fraction of sp³-hybridized carbons (Fsp3) is 0.316. The second-order valence-electron chi connectivity index (χ2n) is 6.57. The average Bonchev–Trinajstić information content (AvgIpc) is 3.27. The van der Waals surface area contributed by atoms with Crippen LogP contribution in [0.15, 0.2) is 43.0 Å². The highest BCUT2D eigenvalue weighted by Crippen LogP contribution is 2.28. The lowest BCUT2D eigenvalue weighted by Crippen LogP contribution is -2.43. The molecule has 2 heterocycles. The first-order chi connectivity index (χ1) is 14.7. The van der Waals surface area contributed by atoms with Crippen molar-refractivity contribution in [3.05, 3.63) is 59.9 Å². The summed E-state index contributed by atoms with van der Waals surface area (Å²) in [6.45, 7) is 3.84. The van der Waals surface area contributed by atoms with E-state index in [1.165, 1.54) is 35.5 Å². The van der Waals surface area contributed by atoms with E-state index in [1.807, 2.05) is 0 Å². The van der Waals surface area contributed by atoms with E-state index >= 15 is 0 Å². The van der Waals surface area contributed by atoms with E-state index in [4.69, 9.17) is 0 Å². The molecule has 164 valence electrons. The fourth-order valence-corrected chi connectivity index (χ4v) is 2.95. The van der Waals surface area contributed by atoms with Crippen LogP contribution in [-0.2, 0) is 6.18 Å². The topological polar surface area (TPSA) is 88.8 Å². The van der Waals surface area contributed by atoms with Crippen molar-refractivity contribution in [2.75, 3.05) is 18.4 Å². The van der Waals surface area contributed by atoms with Crippen molar-refractivity contribution < 1.29 is 22.4 Å². The zero-order valence-corrected chi connectivity index (χ0v) is 16.6. The summed E-state index contributed by atoms with van der Waals surface area (Å²) in [6.07, 6.45) is -0.365. The molecule has 1 atom stereocenters. The molecule has 0 aliphatic rings. The van der Waals surface area contributed by atoms with E-state index in [-0.39, 0.29) is 30.3 Å². The highest BCUT2D eigenvalue weighted by atomic mass is 19.4. The summed E-state index contributed by atoms with van der Waals surface area (Å²) in [4.78, 5) is 23.0. The first kappa shape index (κ1) is 22.1. The van der Waals surface area contributed by atoms with Crippen LogP contribution in [0.25, 0.3) is 5.69 Å². The molecule has 1 aromatic carbocycles. The number of alkyl halides is 3. The van der Waals surface area contributed by atoms with Crippen LogP contribution in [0, 0.1) is 5.82 Å². The van der Waals surface area contributed by atoms with E-state index in [0.717, 1.165) is 4.80 Å². The van der Waals surface area contributed by atoms with Crippen LogP contribution < -0.4 is 5.32 Å². The number of anilines is 1. The molecule has 31 heavy (non-hydrogen) atoms. The Hall–Kier alpha value is -3.57. The van der Waals surface area contributed by atoms with Gasteiger partial charge in [0.15, 0.2) is 0 Å². The van der Waals surface area contributed by atoms with E-state index < -0.39 is 29.5 Å². The van der Waals surface area contributed by atoms with Gasteiger partial charge in [-0.2, -0.15) is 28.2 Å². The maximum absolute atomic E-state index is 14.6. The van der Waals surface area contributed by atoms with E-state index in [0.29, 0.717) is 12.4 Å². The normalized spacial score (nSPS) is 12.5. The Morgan fingerprint density at radius 3 is 2.42 bits per heavy atom. The first-order valence-electron chi connectivity index (χ1n) is 9.31. The molecule has 0 spiro atoms. The Morgan fingerprint density at radius 2 is 1.84 bits per heavy atom. The lowest BCUT2D eigenvalue weighted by atomic mass is 10.1. The maximum atomic E-state index is 14.6. The van der Waals surface area contributed by atoms with Crippen molar-refractivity contribution in [3.63, 3.8) is 0 Å². The lowest BCUT2D eigenvalue weighted by molar-refractivity contribution is -0.138. The molecule has 3 aromatic rings. The number of nitrogens with zero attached hydrogens (tertiary/aromatic N) is 6. The Morgan fingerprint density at radius 1 is 1.19 bits per heavy atom. The van der Waals surface area contributed by atoms with Gasteiger partial charge in [0.05, 0.1) is 18.0 Å². The SMILES string of the molecule is CCN(C(=O)c1c(F)cccc1-n1nccn1)[C@@H](C)CNc1ncc(C(F)(F)F)cn1. The molecule has 0 bridgehead atoms. The quantitative estimate of drug-likeness (QED) is 0.572. The predicted octanol–water partition coefficient (Wildman–Crippen LogP) is 3.18. The fourth-order valence-electron chi connectivity index (χ4n) is 2.95. The van der Waals surface area contributed by atoms with Gasteiger partial charge in [0.25, 0.3) is 5.91 Å². The highest BCUT2D eigenvalue weighted by molar-refractivity contribution is 5.98. The number of aromatic nitrogens is 5. The van der Waals surface area contributed by atoms with Gasteiger partial charge >= 0.3 is 6.18 Å². The average molecular weight is 437 g/mol.